The van der Waals surface area contributed by atoms with Gasteiger partial charge in [0.15, 0.2) is 17.6 Å². The molecule has 0 atom stereocenters. The summed E-state index contributed by atoms with van der Waals surface area (Å²) in [6.07, 6.45) is 1.20. The first kappa shape index (κ1) is 14.8. The van der Waals surface area contributed by atoms with Gasteiger partial charge in [-0.15, -0.1) is 0 Å². The molecular formula is C12H8Cl3N3O2. The summed E-state index contributed by atoms with van der Waals surface area (Å²) in [5, 5.41) is 3.13. The van der Waals surface area contributed by atoms with E-state index in [1.165, 1.54) is 6.33 Å². The highest BCUT2D eigenvalue weighted by Gasteiger charge is 2.11. The maximum absolute atomic E-state index is 11.7. The molecule has 1 heterocycles. The number of carbonyl (C=O) groups is 1. The lowest BCUT2D eigenvalue weighted by Crippen LogP contribution is -2.21. The first-order valence-corrected chi connectivity index (χ1v) is 6.54. The SMILES string of the molecule is O=C(COc1cccc(Cl)c1)Nc1ncnc(Cl)c1Cl. The van der Waals surface area contributed by atoms with Crippen LogP contribution in [0.5, 0.6) is 5.75 Å². The summed E-state index contributed by atoms with van der Waals surface area (Å²) in [5.41, 5.74) is 0. The zero-order valence-electron chi connectivity index (χ0n) is 9.94. The third kappa shape index (κ3) is 3.96. The Bertz CT molecular complexity index is 637. The molecule has 8 heteroatoms. The molecule has 5 nitrogen and oxygen atoms in total. The first-order valence-electron chi connectivity index (χ1n) is 5.40. The predicted molar refractivity (Wildman–Crippen MR) is 77.6 cm³/mol. The number of amides is 1. The van der Waals surface area contributed by atoms with Crippen molar-refractivity contribution < 1.29 is 9.53 Å². The van der Waals surface area contributed by atoms with Crippen molar-refractivity contribution in [3.63, 3.8) is 0 Å². The summed E-state index contributed by atoms with van der Waals surface area (Å²) in [4.78, 5) is 19.2. The van der Waals surface area contributed by atoms with Crippen LogP contribution in [0.3, 0.4) is 0 Å². The predicted octanol–water partition coefficient (Wildman–Crippen LogP) is 3.45. The smallest absolute Gasteiger partial charge is 0.263 e. The molecule has 0 unspecified atom stereocenters. The number of hydrogen-bond acceptors (Lipinski definition) is 4. The van der Waals surface area contributed by atoms with Gasteiger partial charge in [0.25, 0.3) is 5.91 Å². The van der Waals surface area contributed by atoms with Gasteiger partial charge in [-0.05, 0) is 18.2 Å². The fourth-order valence-electron chi connectivity index (χ4n) is 1.31. The molecule has 1 N–H and O–H groups in total. The number of ether oxygens (including phenoxy) is 1. The Morgan fingerprint density at radius 2 is 2.05 bits per heavy atom. The Hall–Kier alpha value is -1.56. The summed E-state index contributed by atoms with van der Waals surface area (Å²) in [6, 6.07) is 6.71. The van der Waals surface area contributed by atoms with Crippen molar-refractivity contribution >= 4 is 46.5 Å². The van der Waals surface area contributed by atoms with Gasteiger partial charge in [0.1, 0.15) is 17.1 Å². The van der Waals surface area contributed by atoms with Crippen molar-refractivity contribution in [1.29, 1.82) is 0 Å². The van der Waals surface area contributed by atoms with Gasteiger partial charge in [-0.2, -0.15) is 0 Å². The van der Waals surface area contributed by atoms with E-state index in [1.807, 2.05) is 0 Å². The standard InChI is InChI=1S/C12H8Cl3N3O2/c13-7-2-1-3-8(4-7)20-5-9(19)18-12-10(14)11(15)16-6-17-12/h1-4,6H,5H2,(H,16,17,18,19). The van der Waals surface area contributed by atoms with E-state index in [-0.39, 0.29) is 22.6 Å². The lowest BCUT2D eigenvalue weighted by Gasteiger charge is -2.08. The molecule has 0 fully saturated rings. The molecule has 2 aromatic rings. The van der Waals surface area contributed by atoms with Crippen LogP contribution in [0.1, 0.15) is 0 Å². The highest BCUT2D eigenvalue weighted by Crippen LogP contribution is 2.25. The maximum atomic E-state index is 11.7. The molecule has 1 amide bonds. The summed E-state index contributed by atoms with van der Waals surface area (Å²) in [5.74, 6) is 0.187. The highest BCUT2D eigenvalue weighted by atomic mass is 35.5. The van der Waals surface area contributed by atoms with Crippen molar-refractivity contribution in [3.8, 4) is 5.75 Å². The number of anilines is 1. The monoisotopic (exact) mass is 331 g/mol. The molecule has 104 valence electrons. The normalized spacial score (nSPS) is 10.2. The van der Waals surface area contributed by atoms with E-state index < -0.39 is 5.91 Å². The van der Waals surface area contributed by atoms with Crippen molar-refractivity contribution in [2.45, 2.75) is 0 Å². The second-order valence-electron chi connectivity index (χ2n) is 3.62. The van der Waals surface area contributed by atoms with Crippen LogP contribution in [-0.2, 0) is 4.79 Å². The first-order chi connectivity index (χ1) is 9.56. The molecule has 1 aromatic carbocycles. The second kappa shape index (κ2) is 6.74. The van der Waals surface area contributed by atoms with Gasteiger partial charge >= 0.3 is 0 Å². The molecule has 0 saturated heterocycles. The minimum Gasteiger partial charge on any atom is -0.484 e. The quantitative estimate of drug-likeness (QED) is 0.871. The van der Waals surface area contributed by atoms with Crippen LogP contribution in [-0.4, -0.2) is 22.5 Å². The van der Waals surface area contributed by atoms with Crippen LogP contribution in [0.25, 0.3) is 0 Å². The van der Waals surface area contributed by atoms with Gasteiger partial charge in [-0.1, -0.05) is 40.9 Å². The third-order valence-corrected chi connectivity index (χ3v) is 3.15. The fraction of sp³-hybridized carbons (Fsp3) is 0.0833. The molecule has 0 spiro atoms. The average molecular weight is 333 g/mol. The fourth-order valence-corrected chi connectivity index (χ4v) is 1.77. The van der Waals surface area contributed by atoms with E-state index >= 15 is 0 Å². The number of nitrogens with one attached hydrogen (secondary N) is 1. The van der Waals surface area contributed by atoms with Crippen molar-refractivity contribution in [2.24, 2.45) is 0 Å². The Morgan fingerprint density at radius 1 is 1.25 bits per heavy atom. The molecule has 0 aliphatic carbocycles. The number of halogens is 3. The van der Waals surface area contributed by atoms with E-state index in [9.17, 15) is 4.79 Å². The van der Waals surface area contributed by atoms with E-state index in [0.717, 1.165) is 0 Å². The van der Waals surface area contributed by atoms with E-state index in [0.29, 0.717) is 10.8 Å². The molecule has 0 saturated carbocycles. The number of benzene rings is 1. The molecule has 20 heavy (non-hydrogen) atoms. The number of hydrogen-bond donors (Lipinski definition) is 1. The number of carbonyl (C=O) groups excluding carboxylic acids is 1. The Kier molecular flexibility index (Phi) is 5.00. The molecule has 2 rings (SSSR count). The van der Waals surface area contributed by atoms with Crippen molar-refractivity contribution in [1.82, 2.24) is 9.97 Å². The zero-order chi connectivity index (χ0) is 14.5. The van der Waals surface area contributed by atoms with Gasteiger partial charge in [-0.3, -0.25) is 4.79 Å². The Balaban J connectivity index is 1.94. The summed E-state index contributed by atoms with van der Waals surface area (Å²) >= 11 is 17.4. The average Bonchev–Trinajstić information content (AvgIpc) is 2.42. The van der Waals surface area contributed by atoms with Gasteiger partial charge < -0.3 is 10.1 Å². The van der Waals surface area contributed by atoms with Crippen LogP contribution >= 0.6 is 34.8 Å². The molecule has 0 aliphatic heterocycles. The molecule has 0 aliphatic rings. The Labute approximate surface area is 129 Å². The minimum atomic E-state index is -0.429. The largest absolute Gasteiger partial charge is 0.484 e. The molecule has 1 aromatic heterocycles. The summed E-state index contributed by atoms with van der Waals surface area (Å²) in [7, 11) is 0. The number of rotatable bonds is 4. The minimum absolute atomic E-state index is 0.0627. The van der Waals surface area contributed by atoms with Crippen LogP contribution < -0.4 is 10.1 Å². The topological polar surface area (TPSA) is 64.1 Å². The molecular weight excluding hydrogens is 325 g/mol. The van der Waals surface area contributed by atoms with E-state index in [2.05, 4.69) is 15.3 Å². The third-order valence-electron chi connectivity index (χ3n) is 2.17. The molecule has 0 radical (unpaired) electrons. The van der Waals surface area contributed by atoms with Gasteiger partial charge in [0.05, 0.1) is 0 Å². The van der Waals surface area contributed by atoms with Crippen molar-refractivity contribution in [3.05, 3.63) is 45.8 Å². The number of nitrogens with zero attached hydrogens (tertiary/aromatic N) is 2. The molecule has 0 bridgehead atoms. The maximum Gasteiger partial charge on any atom is 0.263 e. The van der Waals surface area contributed by atoms with Gasteiger partial charge in [0, 0.05) is 5.02 Å². The van der Waals surface area contributed by atoms with E-state index in [1.54, 1.807) is 24.3 Å². The summed E-state index contributed by atoms with van der Waals surface area (Å²) < 4.78 is 5.27. The Morgan fingerprint density at radius 3 is 2.80 bits per heavy atom. The van der Waals surface area contributed by atoms with Crippen LogP contribution in [0.15, 0.2) is 30.6 Å². The van der Waals surface area contributed by atoms with Crippen LogP contribution in [0.4, 0.5) is 5.82 Å². The second-order valence-corrected chi connectivity index (χ2v) is 4.79. The van der Waals surface area contributed by atoms with E-state index in [4.69, 9.17) is 39.5 Å². The highest BCUT2D eigenvalue weighted by molar-refractivity contribution is 6.42. The van der Waals surface area contributed by atoms with Crippen LogP contribution in [0.2, 0.25) is 15.2 Å². The zero-order valence-corrected chi connectivity index (χ0v) is 12.2. The summed E-state index contributed by atoms with van der Waals surface area (Å²) in [6.45, 7) is -0.210. The van der Waals surface area contributed by atoms with Crippen molar-refractivity contribution in [2.75, 3.05) is 11.9 Å². The number of aromatic nitrogens is 2. The lowest BCUT2D eigenvalue weighted by atomic mass is 10.3. The van der Waals surface area contributed by atoms with Gasteiger partial charge in [-0.25, -0.2) is 9.97 Å². The lowest BCUT2D eigenvalue weighted by molar-refractivity contribution is -0.118. The van der Waals surface area contributed by atoms with Crippen LogP contribution in [0, 0.1) is 0 Å². The van der Waals surface area contributed by atoms with Gasteiger partial charge in [0.2, 0.25) is 0 Å².